The zero-order chi connectivity index (χ0) is 34.3. The molecule has 8 aromatic carbocycles. The van der Waals surface area contributed by atoms with Crippen LogP contribution < -0.4 is 4.90 Å². The lowest BCUT2D eigenvalue weighted by Gasteiger charge is -2.26. The lowest BCUT2D eigenvalue weighted by Crippen LogP contribution is -2.09. The quantitative estimate of drug-likeness (QED) is 0.169. The van der Waals surface area contributed by atoms with E-state index in [2.05, 4.69) is 126 Å². The number of nitrogens with zero attached hydrogens (tertiary/aromatic N) is 2. The van der Waals surface area contributed by atoms with Crippen LogP contribution in [0.2, 0.25) is 0 Å². The van der Waals surface area contributed by atoms with Gasteiger partial charge in [-0.2, -0.15) is 0 Å². The maximum absolute atomic E-state index is 13.7. The van der Waals surface area contributed by atoms with Crippen LogP contribution in [0.1, 0.15) is 0 Å². The van der Waals surface area contributed by atoms with Gasteiger partial charge in [0, 0.05) is 49.9 Å². The van der Waals surface area contributed by atoms with Crippen molar-refractivity contribution in [2.75, 3.05) is 4.90 Å². The number of rotatable bonds is 5. The van der Waals surface area contributed by atoms with E-state index in [0.717, 1.165) is 66.4 Å². The van der Waals surface area contributed by atoms with Crippen molar-refractivity contribution in [2.24, 2.45) is 0 Å². The number of anilines is 3. The fraction of sp³-hybridized carbons (Fsp3) is 0. The summed E-state index contributed by atoms with van der Waals surface area (Å²) in [5.74, 6) is -0.240. The molecule has 244 valence electrons. The molecule has 0 atom stereocenters. The Hall–Kier alpha value is -6.56. The molecule has 10 aromatic rings. The molecule has 1 aliphatic carbocycles. The van der Waals surface area contributed by atoms with Crippen molar-refractivity contribution >= 4 is 71.9 Å². The Morgan fingerprint density at radius 2 is 1.13 bits per heavy atom. The molecule has 5 heteroatoms. The second-order valence-corrected chi connectivity index (χ2v) is 14.3. The SMILES string of the molecule is Fc1ccc(-c2ccc(N(c3ccc(-c4nc5c(s4)-c4cccc6c4c-5cc4ccccc46)cc3)c3ccc4oc5ccccc5c4c3)cc2)cc1. The Bertz CT molecular complexity index is 3010. The lowest BCUT2D eigenvalue weighted by molar-refractivity contribution is 0.628. The number of halogens is 1. The van der Waals surface area contributed by atoms with Crippen LogP contribution in [-0.2, 0) is 0 Å². The van der Waals surface area contributed by atoms with E-state index in [4.69, 9.17) is 9.40 Å². The molecule has 0 aliphatic heterocycles. The first-order valence-electron chi connectivity index (χ1n) is 17.3. The van der Waals surface area contributed by atoms with E-state index < -0.39 is 0 Å². The lowest BCUT2D eigenvalue weighted by atomic mass is 9.97. The number of benzene rings is 8. The van der Waals surface area contributed by atoms with Crippen LogP contribution in [0.15, 0.2) is 168 Å². The Morgan fingerprint density at radius 1 is 0.500 bits per heavy atom. The molecule has 11 rings (SSSR count). The molecule has 0 N–H and O–H groups in total. The van der Waals surface area contributed by atoms with Gasteiger partial charge in [0.05, 0.1) is 10.6 Å². The molecule has 0 unspecified atom stereocenters. The standard InChI is InChI=1S/C47H27FN2OS/c48-32-18-12-28(13-19-32)29-14-20-33(21-15-29)50(35-24-25-43-40(27-35)37-8-3-4-11-42(37)51-43)34-22-16-30(17-23-34)47-49-45-41-26-31-6-1-2-7-36(31)38-9-5-10-39(44(38)41)46(45)52-47/h1-27H. The van der Waals surface area contributed by atoms with Gasteiger partial charge >= 0.3 is 0 Å². The normalized spacial score (nSPS) is 11.9. The van der Waals surface area contributed by atoms with E-state index in [-0.39, 0.29) is 5.82 Å². The minimum atomic E-state index is -0.240. The number of hydrogen-bond donors (Lipinski definition) is 0. The van der Waals surface area contributed by atoms with Crippen molar-refractivity contribution in [1.82, 2.24) is 4.98 Å². The van der Waals surface area contributed by atoms with E-state index in [1.54, 1.807) is 11.3 Å². The Morgan fingerprint density at radius 3 is 1.92 bits per heavy atom. The van der Waals surface area contributed by atoms with E-state index in [0.29, 0.717) is 0 Å². The summed E-state index contributed by atoms with van der Waals surface area (Å²) >= 11 is 1.76. The van der Waals surface area contributed by atoms with Crippen molar-refractivity contribution in [1.29, 1.82) is 0 Å². The molecule has 0 fully saturated rings. The van der Waals surface area contributed by atoms with Crippen molar-refractivity contribution < 1.29 is 8.81 Å². The van der Waals surface area contributed by atoms with Crippen molar-refractivity contribution in [3.63, 3.8) is 0 Å². The average molecular weight is 687 g/mol. The van der Waals surface area contributed by atoms with Gasteiger partial charge in [0.15, 0.2) is 0 Å². The molecular formula is C47H27FN2OS. The third-order valence-corrected chi connectivity index (χ3v) is 11.4. The number of thiazole rings is 1. The molecule has 0 spiro atoms. The minimum Gasteiger partial charge on any atom is -0.456 e. The third-order valence-electron chi connectivity index (χ3n) is 10.3. The van der Waals surface area contributed by atoms with Crippen LogP contribution in [0.3, 0.4) is 0 Å². The van der Waals surface area contributed by atoms with Crippen LogP contribution in [-0.4, -0.2) is 4.98 Å². The molecule has 2 aromatic heterocycles. The molecule has 3 nitrogen and oxygen atoms in total. The van der Waals surface area contributed by atoms with Gasteiger partial charge in [0.1, 0.15) is 22.0 Å². The summed E-state index contributed by atoms with van der Waals surface area (Å²) in [6.45, 7) is 0. The molecule has 1 aliphatic rings. The Labute approximate surface area is 302 Å². The van der Waals surface area contributed by atoms with Gasteiger partial charge in [-0.05, 0) is 106 Å². The number of para-hydroxylation sites is 1. The topological polar surface area (TPSA) is 29.3 Å². The molecule has 0 amide bonds. The van der Waals surface area contributed by atoms with Gasteiger partial charge in [-0.15, -0.1) is 11.3 Å². The first-order chi connectivity index (χ1) is 25.7. The highest BCUT2D eigenvalue weighted by Gasteiger charge is 2.27. The highest BCUT2D eigenvalue weighted by Crippen LogP contribution is 2.53. The van der Waals surface area contributed by atoms with Gasteiger partial charge in [0.2, 0.25) is 0 Å². The Kier molecular flexibility index (Phi) is 6.30. The number of furan rings is 1. The molecule has 52 heavy (non-hydrogen) atoms. The summed E-state index contributed by atoms with van der Waals surface area (Å²) in [6, 6.07) is 55.9. The van der Waals surface area contributed by atoms with Gasteiger partial charge < -0.3 is 9.32 Å². The van der Waals surface area contributed by atoms with E-state index in [9.17, 15) is 4.39 Å². The molecule has 0 bridgehead atoms. The smallest absolute Gasteiger partial charge is 0.135 e. The van der Waals surface area contributed by atoms with Crippen LogP contribution in [0, 0.1) is 5.82 Å². The highest BCUT2D eigenvalue weighted by molar-refractivity contribution is 7.19. The third kappa shape index (κ3) is 4.46. The number of aromatic nitrogens is 1. The van der Waals surface area contributed by atoms with E-state index in [1.165, 1.54) is 49.7 Å². The number of hydrogen-bond acceptors (Lipinski definition) is 4. The summed E-state index contributed by atoms with van der Waals surface area (Å²) in [6.07, 6.45) is 0. The van der Waals surface area contributed by atoms with Crippen LogP contribution in [0.25, 0.3) is 86.9 Å². The zero-order valence-corrected chi connectivity index (χ0v) is 28.5. The zero-order valence-electron chi connectivity index (χ0n) is 27.7. The molecule has 0 radical (unpaired) electrons. The molecule has 0 saturated carbocycles. The first-order valence-corrected chi connectivity index (χ1v) is 18.1. The molecule has 0 saturated heterocycles. The predicted octanol–water partition coefficient (Wildman–Crippen LogP) is 13.9. The van der Waals surface area contributed by atoms with Crippen LogP contribution >= 0.6 is 11.3 Å². The van der Waals surface area contributed by atoms with Gasteiger partial charge in [-0.3, -0.25) is 0 Å². The van der Waals surface area contributed by atoms with Gasteiger partial charge in [-0.25, -0.2) is 9.37 Å². The highest BCUT2D eigenvalue weighted by atomic mass is 32.1. The maximum atomic E-state index is 13.7. The van der Waals surface area contributed by atoms with Crippen molar-refractivity contribution in [3.8, 4) is 43.4 Å². The van der Waals surface area contributed by atoms with Crippen LogP contribution in [0.5, 0.6) is 0 Å². The second-order valence-electron chi connectivity index (χ2n) is 13.3. The van der Waals surface area contributed by atoms with Gasteiger partial charge in [-0.1, -0.05) is 84.9 Å². The van der Waals surface area contributed by atoms with Crippen molar-refractivity contribution in [3.05, 3.63) is 170 Å². The predicted molar refractivity (Wildman–Crippen MR) is 214 cm³/mol. The second kappa shape index (κ2) is 11.2. The Balaban J connectivity index is 1.00. The van der Waals surface area contributed by atoms with E-state index >= 15 is 0 Å². The molecule has 2 heterocycles. The van der Waals surface area contributed by atoms with Crippen LogP contribution in [0.4, 0.5) is 21.5 Å². The summed E-state index contributed by atoms with van der Waals surface area (Å²) in [7, 11) is 0. The minimum absolute atomic E-state index is 0.240. The first kappa shape index (κ1) is 29.2. The maximum Gasteiger partial charge on any atom is 0.135 e. The van der Waals surface area contributed by atoms with Crippen molar-refractivity contribution in [2.45, 2.75) is 0 Å². The summed E-state index contributed by atoms with van der Waals surface area (Å²) in [5, 5.41) is 8.27. The summed E-state index contributed by atoms with van der Waals surface area (Å²) in [5.41, 5.74) is 11.4. The molecular weight excluding hydrogens is 660 g/mol. The fourth-order valence-corrected chi connectivity index (χ4v) is 8.96. The monoisotopic (exact) mass is 686 g/mol. The largest absolute Gasteiger partial charge is 0.456 e. The van der Waals surface area contributed by atoms with E-state index in [1.807, 2.05) is 30.3 Å². The van der Waals surface area contributed by atoms with Gasteiger partial charge in [0.25, 0.3) is 0 Å². The summed E-state index contributed by atoms with van der Waals surface area (Å²) < 4.78 is 19.8. The fourth-order valence-electron chi connectivity index (χ4n) is 7.85. The summed E-state index contributed by atoms with van der Waals surface area (Å²) in [4.78, 5) is 8.77. The number of fused-ring (bicyclic) bond motifs is 8. The average Bonchev–Trinajstić information content (AvgIpc) is 3.88.